The zero-order chi connectivity index (χ0) is 26.0. The van der Waals surface area contributed by atoms with E-state index in [4.69, 9.17) is 9.47 Å². The Morgan fingerprint density at radius 1 is 1.06 bits per heavy atom. The number of methoxy groups -OCH3 is 1. The summed E-state index contributed by atoms with van der Waals surface area (Å²) in [6, 6.07) is 0. The van der Waals surface area contributed by atoms with E-state index in [9.17, 15) is 14.4 Å². The summed E-state index contributed by atoms with van der Waals surface area (Å²) >= 11 is 0. The first-order chi connectivity index (χ1) is 16.2. The maximum atomic E-state index is 14.5. The van der Waals surface area contributed by atoms with Crippen molar-refractivity contribution in [1.82, 2.24) is 0 Å². The average molecular weight is 487 g/mol. The van der Waals surface area contributed by atoms with Crippen LogP contribution in [0.25, 0.3) is 0 Å². The maximum Gasteiger partial charge on any atom is 0.305 e. The predicted octanol–water partition coefficient (Wildman–Crippen LogP) is 6.44. The Kier molecular flexibility index (Phi) is 6.59. The Hall–Kier alpha value is -1.65. The Morgan fingerprint density at radius 3 is 2.37 bits per heavy atom. The molecule has 196 valence electrons. The molecule has 0 spiro atoms. The Morgan fingerprint density at radius 2 is 1.74 bits per heavy atom. The summed E-state index contributed by atoms with van der Waals surface area (Å²) < 4.78 is 10.7. The van der Waals surface area contributed by atoms with Crippen LogP contribution in [0, 0.1) is 39.4 Å². The summed E-state index contributed by atoms with van der Waals surface area (Å²) in [5, 5.41) is 0. The normalized spacial score (nSPS) is 40.9. The van der Waals surface area contributed by atoms with Gasteiger partial charge in [0, 0.05) is 30.1 Å². The van der Waals surface area contributed by atoms with E-state index in [1.807, 2.05) is 0 Å². The molecule has 0 bridgehead atoms. The first-order valence-electron chi connectivity index (χ1n) is 13.7. The van der Waals surface area contributed by atoms with Crippen molar-refractivity contribution in [3.8, 4) is 0 Å². The second-order valence-electron chi connectivity index (χ2n) is 13.4. The molecule has 35 heavy (non-hydrogen) atoms. The van der Waals surface area contributed by atoms with Crippen LogP contribution in [-0.2, 0) is 23.9 Å². The van der Waals surface area contributed by atoms with Crippen molar-refractivity contribution in [3.63, 3.8) is 0 Å². The van der Waals surface area contributed by atoms with Gasteiger partial charge in [-0.05, 0) is 74.0 Å². The summed E-state index contributed by atoms with van der Waals surface area (Å²) in [6.07, 6.45) is 7.75. The van der Waals surface area contributed by atoms with Gasteiger partial charge in [0.2, 0.25) is 0 Å². The topological polar surface area (TPSA) is 69.7 Å². The fourth-order valence-electron chi connectivity index (χ4n) is 9.09. The van der Waals surface area contributed by atoms with Gasteiger partial charge >= 0.3 is 11.9 Å². The van der Waals surface area contributed by atoms with Crippen LogP contribution in [0.4, 0.5) is 0 Å². The van der Waals surface area contributed by atoms with Crippen molar-refractivity contribution in [2.75, 3.05) is 7.11 Å². The van der Waals surface area contributed by atoms with Crippen molar-refractivity contribution in [2.24, 2.45) is 39.4 Å². The van der Waals surface area contributed by atoms with E-state index in [1.54, 1.807) is 0 Å². The van der Waals surface area contributed by atoms with Gasteiger partial charge in [-0.1, -0.05) is 52.7 Å². The molecule has 7 atom stereocenters. The van der Waals surface area contributed by atoms with Crippen molar-refractivity contribution < 1.29 is 23.9 Å². The highest BCUT2D eigenvalue weighted by molar-refractivity contribution is 5.89. The molecule has 4 rings (SSSR count). The molecule has 0 heterocycles. The van der Waals surface area contributed by atoms with Crippen molar-refractivity contribution in [3.05, 3.63) is 11.1 Å². The minimum absolute atomic E-state index is 0.0332. The fourth-order valence-corrected chi connectivity index (χ4v) is 9.09. The molecular weight excluding hydrogens is 440 g/mol. The highest BCUT2D eigenvalue weighted by Gasteiger charge is 2.67. The molecule has 0 unspecified atom stereocenters. The second kappa shape index (κ2) is 8.73. The monoisotopic (exact) mass is 486 g/mol. The molecular formula is C30H46O5. The zero-order valence-corrected chi connectivity index (χ0v) is 23.2. The number of Topliss-reactive ketones (excluding diaryl/α,β-unsaturated/α-hetero) is 1. The minimum Gasteiger partial charge on any atom is -0.469 e. The molecule has 0 aromatic heterocycles. The van der Waals surface area contributed by atoms with Gasteiger partial charge in [-0.3, -0.25) is 14.4 Å². The summed E-state index contributed by atoms with van der Waals surface area (Å²) in [6.45, 7) is 15.2. The zero-order valence-electron chi connectivity index (χ0n) is 23.2. The molecule has 0 amide bonds. The van der Waals surface area contributed by atoms with Gasteiger partial charge in [-0.15, -0.1) is 0 Å². The van der Waals surface area contributed by atoms with Crippen LogP contribution in [0.3, 0.4) is 0 Å². The van der Waals surface area contributed by atoms with Crippen LogP contribution < -0.4 is 0 Å². The molecule has 4 aliphatic carbocycles. The van der Waals surface area contributed by atoms with E-state index in [2.05, 4.69) is 41.5 Å². The number of rotatable bonds is 5. The number of carbonyl (C=O) groups excluding carboxylic acids is 3. The number of carbonyl (C=O) groups is 3. The number of hydrogen-bond acceptors (Lipinski definition) is 5. The SMILES string of the molecule is COC(=O)CC[C@@H](C)C1=C2C[C@H]3C(=O)[C@@]4(C)CC[C@H](OC(C)=O)C(C)(C)[C@@H]4CC[C@]3(C)[C@@]2(C)CC1. The minimum atomic E-state index is -0.380. The molecule has 0 aliphatic heterocycles. The second-order valence-corrected chi connectivity index (χ2v) is 13.4. The molecule has 5 nitrogen and oxygen atoms in total. The van der Waals surface area contributed by atoms with Gasteiger partial charge in [0.05, 0.1) is 7.11 Å². The smallest absolute Gasteiger partial charge is 0.305 e. The number of ketones is 1. The fraction of sp³-hybridized carbons (Fsp3) is 0.833. The summed E-state index contributed by atoms with van der Waals surface area (Å²) in [5.41, 5.74) is 2.38. The molecule has 3 fully saturated rings. The molecule has 4 aliphatic rings. The first-order valence-corrected chi connectivity index (χ1v) is 13.7. The van der Waals surface area contributed by atoms with Gasteiger partial charge in [0.25, 0.3) is 0 Å². The lowest BCUT2D eigenvalue weighted by Gasteiger charge is -2.53. The van der Waals surface area contributed by atoms with Crippen LogP contribution in [0.1, 0.15) is 106 Å². The predicted molar refractivity (Wildman–Crippen MR) is 135 cm³/mol. The number of allylic oxidation sites excluding steroid dienone is 2. The van der Waals surface area contributed by atoms with E-state index in [-0.39, 0.29) is 51.5 Å². The molecule has 0 saturated heterocycles. The van der Waals surface area contributed by atoms with Gasteiger partial charge in [-0.25, -0.2) is 0 Å². The van der Waals surface area contributed by atoms with E-state index in [1.165, 1.54) is 25.2 Å². The van der Waals surface area contributed by atoms with Crippen LogP contribution in [-0.4, -0.2) is 30.9 Å². The maximum absolute atomic E-state index is 14.5. The standard InChI is InChI=1S/C30H46O5/c1-18(9-10-25(32)34-8)20-11-15-29(6)21(20)17-22-26(33)28(5)14-13-24(35-19(2)31)27(3,4)23(28)12-16-30(22,29)7/h18,22-24H,9-17H2,1-8H3/t18-,22+,23+,24+,28+,29+,30+/m1/s1. The van der Waals surface area contributed by atoms with Gasteiger partial charge in [-0.2, -0.15) is 0 Å². The van der Waals surface area contributed by atoms with Gasteiger partial charge < -0.3 is 9.47 Å². The Labute approximate surface area is 211 Å². The van der Waals surface area contributed by atoms with E-state index < -0.39 is 0 Å². The number of esters is 2. The van der Waals surface area contributed by atoms with Crippen LogP contribution in [0.5, 0.6) is 0 Å². The van der Waals surface area contributed by atoms with Crippen LogP contribution >= 0.6 is 0 Å². The molecule has 0 aromatic carbocycles. The van der Waals surface area contributed by atoms with E-state index in [0.717, 1.165) is 51.4 Å². The lowest BCUT2D eigenvalue weighted by molar-refractivity contribution is -0.171. The van der Waals surface area contributed by atoms with E-state index >= 15 is 0 Å². The summed E-state index contributed by atoms with van der Waals surface area (Å²) in [4.78, 5) is 38.1. The Balaban J connectivity index is 1.67. The quantitative estimate of drug-likeness (QED) is 0.330. The number of ether oxygens (including phenoxy) is 2. The van der Waals surface area contributed by atoms with Crippen LogP contribution in [0.2, 0.25) is 0 Å². The first kappa shape index (κ1) is 26.4. The van der Waals surface area contributed by atoms with Crippen LogP contribution in [0.15, 0.2) is 11.1 Å². The highest BCUT2D eigenvalue weighted by Crippen LogP contribution is 2.72. The molecule has 3 saturated carbocycles. The third-order valence-corrected chi connectivity index (χ3v) is 11.6. The van der Waals surface area contributed by atoms with E-state index in [0.29, 0.717) is 18.1 Å². The Bertz CT molecular complexity index is 946. The number of hydrogen-bond donors (Lipinski definition) is 0. The molecule has 0 radical (unpaired) electrons. The molecule has 0 aromatic rings. The summed E-state index contributed by atoms with van der Waals surface area (Å²) in [7, 11) is 1.45. The third kappa shape index (κ3) is 3.82. The molecule has 0 N–H and O–H groups in total. The van der Waals surface area contributed by atoms with Crippen molar-refractivity contribution >= 4 is 17.7 Å². The largest absolute Gasteiger partial charge is 0.469 e. The summed E-state index contributed by atoms with van der Waals surface area (Å²) in [5.74, 6) is 0.668. The van der Waals surface area contributed by atoms with Gasteiger partial charge in [0.1, 0.15) is 11.9 Å². The number of fused-ring (bicyclic) bond motifs is 4. The van der Waals surface area contributed by atoms with Gasteiger partial charge in [0.15, 0.2) is 0 Å². The average Bonchev–Trinajstić information content (AvgIpc) is 3.20. The lowest BCUT2D eigenvalue weighted by Crippen LogP contribution is -2.54. The van der Waals surface area contributed by atoms with Crippen molar-refractivity contribution in [1.29, 1.82) is 0 Å². The highest BCUT2D eigenvalue weighted by atomic mass is 16.5. The lowest BCUT2D eigenvalue weighted by atomic mass is 9.52. The van der Waals surface area contributed by atoms with Crippen molar-refractivity contribution in [2.45, 2.75) is 112 Å². The third-order valence-electron chi connectivity index (χ3n) is 11.6. The molecule has 5 heteroatoms.